The van der Waals surface area contributed by atoms with E-state index in [2.05, 4.69) is 0 Å². The van der Waals surface area contributed by atoms with Crippen LogP contribution in [-0.4, -0.2) is 5.11 Å². The number of phenols is 1. The van der Waals surface area contributed by atoms with Crippen molar-refractivity contribution >= 4 is 11.4 Å². The number of halogens is 1. The first-order chi connectivity index (χ1) is 4.61. The second-order valence-electron chi connectivity index (χ2n) is 1.93. The van der Waals surface area contributed by atoms with E-state index in [1.54, 1.807) is 0 Å². The Bertz CT molecular complexity index is 212. The minimum atomic E-state index is -0.660. The number of phenolic OH excluding ortho intramolecular Hbond substituents is 1. The van der Waals surface area contributed by atoms with Gasteiger partial charge in [0.25, 0.3) is 0 Å². The van der Waals surface area contributed by atoms with Gasteiger partial charge in [-0.1, -0.05) is 0 Å². The minimum Gasteiger partial charge on any atom is -0.506 e. The van der Waals surface area contributed by atoms with Crippen molar-refractivity contribution < 1.29 is 9.50 Å². The zero-order chi connectivity index (χ0) is 7.72. The minimum absolute atomic E-state index is 0.0599. The average molecular weight is 142 g/mol. The summed E-state index contributed by atoms with van der Waals surface area (Å²) in [6, 6.07) is 2.05. The van der Waals surface area contributed by atoms with Gasteiger partial charge in [0.1, 0.15) is 11.6 Å². The van der Waals surface area contributed by atoms with E-state index in [9.17, 15) is 4.39 Å². The molecule has 0 spiro atoms. The van der Waals surface area contributed by atoms with Crippen molar-refractivity contribution in [3.63, 3.8) is 0 Å². The Kier molecular flexibility index (Phi) is 1.37. The molecule has 0 radical (unpaired) electrons. The molecular weight excluding hydrogens is 135 g/mol. The average Bonchev–Trinajstić information content (AvgIpc) is 1.84. The van der Waals surface area contributed by atoms with Gasteiger partial charge in [0.15, 0.2) is 0 Å². The molecule has 1 aromatic carbocycles. The molecule has 1 aromatic rings. The predicted octanol–water partition coefficient (Wildman–Crippen LogP) is 0.696. The van der Waals surface area contributed by atoms with Crippen LogP contribution in [0, 0.1) is 5.82 Å². The molecule has 5 N–H and O–H groups in total. The number of nitrogens with two attached hydrogens (primary N) is 2. The van der Waals surface area contributed by atoms with Gasteiger partial charge in [0.05, 0.1) is 11.4 Å². The Morgan fingerprint density at radius 2 is 1.80 bits per heavy atom. The lowest BCUT2D eigenvalue weighted by atomic mass is 10.2. The van der Waals surface area contributed by atoms with Crippen LogP contribution in [0.15, 0.2) is 12.1 Å². The molecule has 0 heterocycles. The maximum absolute atomic E-state index is 12.4. The van der Waals surface area contributed by atoms with Crippen LogP contribution in [-0.2, 0) is 0 Å². The second kappa shape index (κ2) is 2.06. The third kappa shape index (κ3) is 0.953. The number of hydrogen-bond donors (Lipinski definition) is 3. The fourth-order valence-corrected chi connectivity index (χ4v) is 0.597. The molecule has 1 rings (SSSR count). The highest BCUT2D eigenvalue weighted by atomic mass is 19.1. The van der Waals surface area contributed by atoms with Gasteiger partial charge in [-0.25, -0.2) is 4.39 Å². The van der Waals surface area contributed by atoms with Gasteiger partial charge in [-0.3, -0.25) is 0 Å². The SMILES string of the molecule is Nc1cc(N)c(F)cc1O. The lowest BCUT2D eigenvalue weighted by molar-refractivity contribution is 0.472. The van der Waals surface area contributed by atoms with E-state index >= 15 is 0 Å². The first-order valence-corrected chi connectivity index (χ1v) is 2.64. The number of aromatic hydroxyl groups is 1. The molecule has 4 heteroatoms. The summed E-state index contributed by atoms with van der Waals surface area (Å²) >= 11 is 0. The van der Waals surface area contributed by atoms with Crippen LogP contribution in [0.2, 0.25) is 0 Å². The number of anilines is 2. The highest BCUT2D eigenvalue weighted by Gasteiger charge is 2.02. The van der Waals surface area contributed by atoms with Crippen LogP contribution in [0.3, 0.4) is 0 Å². The lowest BCUT2D eigenvalue weighted by Gasteiger charge is -1.99. The molecule has 0 aliphatic carbocycles. The standard InChI is InChI=1S/C6H7FN2O/c7-3-1-6(10)5(9)2-4(3)8/h1-2,10H,8-9H2. The van der Waals surface area contributed by atoms with Crippen molar-refractivity contribution in [1.82, 2.24) is 0 Å². The first-order valence-electron chi connectivity index (χ1n) is 2.64. The summed E-state index contributed by atoms with van der Waals surface area (Å²) in [5.41, 5.74) is 10.3. The number of nitrogen functional groups attached to an aromatic ring is 2. The van der Waals surface area contributed by atoms with Crippen LogP contribution in [0.5, 0.6) is 5.75 Å². The second-order valence-corrected chi connectivity index (χ2v) is 1.93. The highest BCUT2D eigenvalue weighted by molar-refractivity contribution is 5.60. The summed E-state index contributed by atoms with van der Waals surface area (Å²) in [5.74, 6) is -0.946. The van der Waals surface area contributed by atoms with E-state index in [-0.39, 0.29) is 17.1 Å². The molecule has 0 bridgehead atoms. The van der Waals surface area contributed by atoms with E-state index < -0.39 is 5.82 Å². The summed E-state index contributed by atoms with van der Waals surface area (Å²) in [6.07, 6.45) is 0. The van der Waals surface area contributed by atoms with Crippen LogP contribution in [0.1, 0.15) is 0 Å². The molecule has 0 fully saturated rings. The van der Waals surface area contributed by atoms with E-state index in [1.165, 1.54) is 6.07 Å². The van der Waals surface area contributed by atoms with Crippen molar-refractivity contribution in [2.24, 2.45) is 0 Å². The summed E-state index contributed by atoms with van der Waals surface area (Å²) in [5, 5.41) is 8.80. The Balaban J connectivity index is 3.28. The lowest BCUT2D eigenvalue weighted by Crippen LogP contribution is -1.93. The summed E-state index contributed by atoms with van der Waals surface area (Å²) < 4.78 is 12.4. The van der Waals surface area contributed by atoms with Crippen molar-refractivity contribution in [2.75, 3.05) is 11.5 Å². The molecule has 0 aromatic heterocycles. The zero-order valence-corrected chi connectivity index (χ0v) is 5.13. The molecule has 3 nitrogen and oxygen atoms in total. The van der Waals surface area contributed by atoms with Crippen molar-refractivity contribution in [3.8, 4) is 5.75 Å². The third-order valence-corrected chi connectivity index (χ3v) is 1.15. The molecule has 0 saturated heterocycles. The summed E-state index contributed by atoms with van der Waals surface area (Å²) in [7, 11) is 0. The van der Waals surface area contributed by atoms with Crippen LogP contribution in [0.4, 0.5) is 15.8 Å². The van der Waals surface area contributed by atoms with E-state index in [0.29, 0.717) is 0 Å². The fourth-order valence-electron chi connectivity index (χ4n) is 0.597. The topological polar surface area (TPSA) is 72.3 Å². The smallest absolute Gasteiger partial charge is 0.149 e. The van der Waals surface area contributed by atoms with Crippen LogP contribution < -0.4 is 11.5 Å². The van der Waals surface area contributed by atoms with Gasteiger partial charge in [0.2, 0.25) is 0 Å². The van der Waals surface area contributed by atoms with Crippen LogP contribution >= 0.6 is 0 Å². The molecule has 0 aliphatic rings. The molecule has 0 unspecified atom stereocenters. The molecule has 0 saturated carbocycles. The summed E-state index contributed by atoms with van der Waals surface area (Å²) in [4.78, 5) is 0. The predicted molar refractivity (Wildman–Crippen MR) is 36.9 cm³/mol. The Labute approximate surface area is 57.1 Å². The quantitative estimate of drug-likeness (QED) is 0.283. The maximum atomic E-state index is 12.4. The van der Waals surface area contributed by atoms with Gasteiger partial charge in [-0.05, 0) is 6.07 Å². The molecule has 0 atom stereocenters. The molecule has 54 valence electrons. The van der Waals surface area contributed by atoms with Crippen molar-refractivity contribution in [3.05, 3.63) is 17.9 Å². The number of hydrogen-bond acceptors (Lipinski definition) is 3. The van der Waals surface area contributed by atoms with Crippen molar-refractivity contribution in [1.29, 1.82) is 0 Å². The zero-order valence-electron chi connectivity index (χ0n) is 5.13. The molecule has 0 amide bonds. The Hall–Kier alpha value is -1.45. The Morgan fingerprint density at radius 3 is 2.30 bits per heavy atom. The van der Waals surface area contributed by atoms with E-state index in [0.717, 1.165) is 6.07 Å². The molecular formula is C6H7FN2O. The van der Waals surface area contributed by atoms with Crippen molar-refractivity contribution in [2.45, 2.75) is 0 Å². The van der Waals surface area contributed by atoms with Gasteiger partial charge in [0, 0.05) is 6.07 Å². The summed E-state index contributed by atoms with van der Waals surface area (Å²) in [6.45, 7) is 0. The normalized spacial score (nSPS) is 9.70. The van der Waals surface area contributed by atoms with Crippen LogP contribution in [0.25, 0.3) is 0 Å². The monoisotopic (exact) mass is 142 g/mol. The third-order valence-electron chi connectivity index (χ3n) is 1.15. The fraction of sp³-hybridized carbons (Fsp3) is 0. The van der Waals surface area contributed by atoms with E-state index in [4.69, 9.17) is 16.6 Å². The van der Waals surface area contributed by atoms with E-state index in [1.807, 2.05) is 0 Å². The van der Waals surface area contributed by atoms with Gasteiger partial charge in [-0.15, -0.1) is 0 Å². The Morgan fingerprint density at radius 1 is 1.20 bits per heavy atom. The maximum Gasteiger partial charge on any atom is 0.149 e. The molecule has 10 heavy (non-hydrogen) atoms. The largest absolute Gasteiger partial charge is 0.506 e. The highest BCUT2D eigenvalue weighted by Crippen LogP contribution is 2.24. The molecule has 0 aliphatic heterocycles. The number of rotatable bonds is 0. The first kappa shape index (κ1) is 6.67. The van der Waals surface area contributed by atoms with Gasteiger partial charge in [-0.2, -0.15) is 0 Å². The number of benzene rings is 1. The van der Waals surface area contributed by atoms with Gasteiger partial charge < -0.3 is 16.6 Å². The van der Waals surface area contributed by atoms with Gasteiger partial charge >= 0.3 is 0 Å².